The maximum atomic E-state index is 12.3. The fourth-order valence-electron chi connectivity index (χ4n) is 2.20. The summed E-state index contributed by atoms with van der Waals surface area (Å²) in [5, 5.41) is 3.25. The largest absolute Gasteiger partial charge is 0.494 e. The normalized spacial score (nSPS) is 17.4. The van der Waals surface area contributed by atoms with Crippen molar-refractivity contribution in [3.8, 4) is 5.75 Å². The summed E-state index contributed by atoms with van der Waals surface area (Å²) in [6, 6.07) is 5.76. The quantitative estimate of drug-likeness (QED) is 0.853. The van der Waals surface area contributed by atoms with Crippen LogP contribution in [0, 0.1) is 0 Å². The van der Waals surface area contributed by atoms with E-state index in [9.17, 15) is 4.79 Å². The summed E-state index contributed by atoms with van der Waals surface area (Å²) < 4.78 is 5.33. The monoisotopic (exact) mass is 234 g/mol. The first-order valence-electron chi connectivity index (χ1n) is 5.78. The summed E-state index contributed by atoms with van der Waals surface area (Å²) in [7, 11) is 1.62. The second-order valence-electron chi connectivity index (χ2n) is 4.66. The molecule has 17 heavy (non-hydrogen) atoms. The molecule has 1 aromatic carbocycles. The topological polar surface area (TPSA) is 41.6 Å². The van der Waals surface area contributed by atoms with E-state index in [1.165, 1.54) is 0 Å². The Labute approximate surface area is 102 Å². The molecule has 1 aromatic rings. The summed E-state index contributed by atoms with van der Waals surface area (Å²) >= 11 is 0. The molecule has 0 saturated carbocycles. The van der Waals surface area contributed by atoms with Gasteiger partial charge in [-0.2, -0.15) is 0 Å². The number of ether oxygens (including phenoxy) is 1. The van der Waals surface area contributed by atoms with Crippen LogP contribution in [0.5, 0.6) is 5.75 Å². The molecule has 0 bridgehead atoms. The molecule has 0 unspecified atom stereocenters. The molecule has 0 spiro atoms. The van der Waals surface area contributed by atoms with E-state index in [1.54, 1.807) is 12.0 Å². The second-order valence-corrected chi connectivity index (χ2v) is 4.66. The molecule has 0 fully saturated rings. The van der Waals surface area contributed by atoms with Gasteiger partial charge >= 0.3 is 0 Å². The highest BCUT2D eigenvalue weighted by Crippen LogP contribution is 2.41. The minimum absolute atomic E-state index is 0.0667. The van der Waals surface area contributed by atoms with E-state index >= 15 is 0 Å². The number of carbonyl (C=O) groups excluding carboxylic acids is 1. The van der Waals surface area contributed by atoms with Gasteiger partial charge in [-0.05, 0) is 32.9 Å². The first kappa shape index (κ1) is 11.8. The zero-order chi connectivity index (χ0) is 12.6. The number of amides is 1. The number of benzene rings is 1. The van der Waals surface area contributed by atoms with E-state index in [2.05, 4.69) is 5.32 Å². The molecule has 1 aliphatic heterocycles. The molecule has 0 atom stereocenters. The van der Waals surface area contributed by atoms with Gasteiger partial charge in [0.05, 0.1) is 12.8 Å². The summed E-state index contributed by atoms with van der Waals surface area (Å²) in [6.45, 7) is 6.38. The Balaban J connectivity index is 2.60. The first-order valence-corrected chi connectivity index (χ1v) is 5.78. The van der Waals surface area contributed by atoms with Gasteiger partial charge in [0.2, 0.25) is 0 Å². The molecule has 1 aliphatic rings. The number of para-hydroxylation sites is 1. The summed E-state index contributed by atoms with van der Waals surface area (Å²) in [4.78, 5) is 14.1. The maximum Gasteiger partial charge on any atom is 0.252 e. The molecule has 0 aromatic heterocycles. The van der Waals surface area contributed by atoms with Crippen LogP contribution in [-0.4, -0.2) is 25.1 Å². The van der Waals surface area contributed by atoms with Gasteiger partial charge in [0.1, 0.15) is 17.0 Å². The minimum Gasteiger partial charge on any atom is -0.494 e. The number of hydrogen-bond acceptors (Lipinski definition) is 3. The van der Waals surface area contributed by atoms with E-state index in [0.717, 1.165) is 17.1 Å². The van der Waals surface area contributed by atoms with Gasteiger partial charge in [-0.1, -0.05) is 6.07 Å². The van der Waals surface area contributed by atoms with Crippen molar-refractivity contribution in [2.75, 3.05) is 23.9 Å². The maximum absolute atomic E-state index is 12.3. The van der Waals surface area contributed by atoms with Gasteiger partial charge in [0, 0.05) is 6.54 Å². The predicted molar refractivity (Wildman–Crippen MR) is 68.7 cm³/mol. The van der Waals surface area contributed by atoms with Gasteiger partial charge in [-0.3, -0.25) is 4.79 Å². The average Bonchev–Trinajstić information content (AvgIpc) is 2.30. The zero-order valence-electron chi connectivity index (χ0n) is 10.7. The van der Waals surface area contributed by atoms with Crippen molar-refractivity contribution in [2.24, 2.45) is 0 Å². The third kappa shape index (κ3) is 1.73. The van der Waals surface area contributed by atoms with Crippen LogP contribution in [0.25, 0.3) is 0 Å². The van der Waals surface area contributed by atoms with Crippen molar-refractivity contribution in [3.63, 3.8) is 0 Å². The highest BCUT2D eigenvalue weighted by Gasteiger charge is 2.39. The van der Waals surface area contributed by atoms with E-state index in [4.69, 9.17) is 4.74 Å². The number of likely N-dealkylation sites (N-methyl/N-ethyl adjacent to an activating group) is 1. The van der Waals surface area contributed by atoms with Crippen molar-refractivity contribution in [1.29, 1.82) is 0 Å². The van der Waals surface area contributed by atoms with Gasteiger partial charge in [-0.25, -0.2) is 0 Å². The van der Waals surface area contributed by atoms with Gasteiger partial charge < -0.3 is 15.0 Å². The molecule has 4 nitrogen and oxygen atoms in total. The second kappa shape index (κ2) is 3.95. The molecular formula is C13H18N2O2. The van der Waals surface area contributed by atoms with Crippen LogP contribution in [0.4, 0.5) is 11.4 Å². The number of nitrogens with zero attached hydrogens (tertiary/aromatic N) is 1. The SMILES string of the molecule is CCN1C(=O)C(C)(C)Nc2cccc(OC)c21. The van der Waals surface area contributed by atoms with Crippen LogP contribution in [0.1, 0.15) is 20.8 Å². The Kier molecular flexibility index (Phi) is 2.73. The number of hydrogen-bond donors (Lipinski definition) is 1. The fraction of sp³-hybridized carbons (Fsp3) is 0.462. The fourth-order valence-corrected chi connectivity index (χ4v) is 2.20. The predicted octanol–water partition coefficient (Wildman–Crippen LogP) is 2.25. The molecule has 92 valence electrons. The Hall–Kier alpha value is -1.71. The lowest BCUT2D eigenvalue weighted by molar-refractivity contribution is -0.122. The number of fused-ring (bicyclic) bond motifs is 1. The van der Waals surface area contributed by atoms with Crippen molar-refractivity contribution in [3.05, 3.63) is 18.2 Å². The molecule has 0 saturated heterocycles. The Morgan fingerprint density at radius 2 is 2.12 bits per heavy atom. The van der Waals surface area contributed by atoms with E-state index < -0.39 is 5.54 Å². The van der Waals surface area contributed by atoms with E-state index in [-0.39, 0.29) is 5.91 Å². The lowest BCUT2D eigenvalue weighted by atomic mass is 9.98. The number of carbonyl (C=O) groups is 1. The summed E-state index contributed by atoms with van der Waals surface area (Å²) in [6.07, 6.45) is 0. The van der Waals surface area contributed by atoms with E-state index in [0.29, 0.717) is 6.54 Å². The van der Waals surface area contributed by atoms with Crippen molar-refractivity contribution >= 4 is 17.3 Å². The number of methoxy groups -OCH3 is 1. The van der Waals surface area contributed by atoms with E-state index in [1.807, 2.05) is 39.0 Å². The Morgan fingerprint density at radius 3 is 2.71 bits per heavy atom. The smallest absolute Gasteiger partial charge is 0.252 e. The van der Waals surface area contributed by atoms with Crippen molar-refractivity contribution in [1.82, 2.24) is 0 Å². The van der Waals surface area contributed by atoms with Gasteiger partial charge in [-0.15, -0.1) is 0 Å². The van der Waals surface area contributed by atoms with Gasteiger partial charge in [0.15, 0.2) is 0 Å². The summed E-state index contributed by atoms with van der Waals surface area (Å²) in [5.74, 6) is 0.790. The molecule has 4 heteroatoms. The highest BCUT2D eigenvalue weighted by atomic mass is 16.5. The van der Waals surface area contributed by atoms with Crippen molar-refractivity contribution < 1.29 is 9.53 Å². The molecule has 0 aliphatic carbocycles. The molecule has 1 amide bonds. The Bertz CT molecular complexity index is 455. The van der Waals surface area contributed by atoms with Gasteiger partial charge in [0.25, 0.3) is 5.91 Å². The Morgan fingerprint density at radius 1 is 1.41 bits per heavy atom. The molecule has 2 rings (SSSR count). The average molecular weight is 234 g/mol. The summed E-state index contributed by atoms with van der Waals surface area (Å²) in [5.41, 5.74) is 1.20. The third-order valence-electron chi connectivity index (χ3n) is 3.03. The van der Waals surface area contributed by atoms with Crippen LogP contribution < -0.4 is 15.0 Å². The van der Waals surface area contributed by atoms with Crippen LogP contribution in [0.3, 0.4) is 0 Å². The third-order valence-corrected chi connectivity index (χ3v) is 3.03. The minimum atomic E-state index is -0.574. The van der Waals surface area contributed by atoms with Crippen LogP contribution in [-0.2, 0) is 4.79 Å². The number of rotatable bonds is 2. The molecule has 0 radical (unpaired) electrons. The lowest BCUT2D eigenvalue weighted by Gasteiger charge is -2.40. The first-order chi connectivity index (χ1) is 8.01. The highest BCUT2D eigenvalue weighted by molar-refractivity contribution is 6.08. The lowest BCUT2D eigenvalue weighted by Crippen LogP contribution is -2.53. The van der Waals surface area contributed by atoms with Crippen LogP contribution in [0.15, 0.2) is 18.2 Å². The molecular weight excluding hydrogens is 216 g/mol. The number of nitrogens with one attached hydrogen (secondary N) is 1. The van der Waals surface area contributed by atoms with Crippen LogP contribution >= 0.6 is 0 Å². The standard InChI is InChI=1S/C13H18N2O2/c1-5-15-11-9(7-6-8-10(11)17-4)14-13(2,3)12(15)16/h6-8,14H,5H2,1-4H3. The molecule has 1 N–H and O–H groups in total. The molecule has 1 heterocycles. The van der Waals surface area contributed by atoms with Crippen molar-refractivity contribution in [2.45, 2.75) is 26.3 Å². The number of anilines is 2. The zero-order valence-corrected chi connectivity index (χ0v) is 10.7. The van der Waals surface area contributed by atoms with Crippen LogP contribution in [0.2, 0.25) is 0 Å².